The molecule has 2 aromatic carbocycles. The molecule has 0 aliphatic rings. The number of anilines is 1. The number of benzene rings is 2. The maximum Gasteiger partial charge on any atom is 0.268 e. The molecule has 1 aromatic heterocycles. The lowest BCUT2D eigenvalue weighted by Crippen LogP contribution is -3.00. The zero-order valence-electron chi connectivity index (χ0n) is 24.2. The number of unbranched alkanes of at least 4 members (excludes halogenated alkanes) is 11. The Balaban J connectivity index is 0.00000560. The summed E-state index contributed by atoms with van der Waals surface area (Å²) >= 11 is 8.17. The van der Waals surface area contributed by atoms with Crippen LogP contribution in [0.4, 0.5) is 5.69 Å². The summed E-state index contributed by atoms with van der Waals surface area (Å²) in [5.41, 5.74) is 2.81. The Bertz CT molecular complexity index is 1120. The number of carbonyl (C=O) groups is 1. The van der Waals surface area contributed by atoms with Crippen molar-refractivity contribution < 1.29 is 26.5 Å². The third-order valence-corrected chi connectivity index (χ3v) is 8.30. The summed E-state index contributed by atoms with van der Waals surface area (Å²) in [6.45, 7) is 6.02. The van der Waals surface area contributed by atoms with Gasteiger partial charge in [0.05, 0.1) is 29.0 Å². The monoisotopic (exact) mass is 604 g/mol. The fourth-order valence-corrected chi connectivity index (χ4v) is 5.96. The van der Waals surface area contributed by atoms with Gasteiger partial charge in [-0.1, -0.05) is 107 Å². The molecule has 1 amide bonds. The molecule has 3 aromatic rings. The lowest BCUT2D eigenvalue weighted by atomic mass is 10.1. The molecule has 0 atom stereocenters. The van der Waals surface area contributed by atoms with Crippen LogP contribution in [0.3, 0.4) is 0 Å². The van der Waals surface area contributed by atoms with Gasteiger partial charge in [0.15, 0.2) is 6.20 Å². The van der Waals surface area contributed by atoms with Crippen LogP contribution in [-0.4, -0.2) is 12.5 Å². The van der Waals surface area contributed by atoms with E-state index < -0.39 is 0 Å². The predicted octanol–water partition coefficient (Wildman–Crippen LogP) is 6.64. The maximum absolute atomic E-state index is 12.6. The highest BCUT2D eigenvalue weighted by atomic mass is 35.5. The second-order valence-electron chi connectivity index (χ2n) is 10.3. The van der Waals surface area contributed by atoms with Crippen LogP contribution in [0.2, 0.25) is 5.02 Å². The van der Waals surface area contributed by atoms with E-state index in [9.17, 15) is 4.79 Å². The van der Waals surface area contributed by atoms with Crippen LogP contribution >= 0.6 is 22.9 Å². The molecule has 220 valence electrons. The van der Waals surface area contributed by atoms with Crippen molar-refractivity contribution in [3.8, 4) is 16.3 Å². The van der Waals surface area contributed by atoms with E-state index in [1.54, 1.807) is 11.3 Å². The zero-order valence-corrected chi connectivity index (χ0v) is 26.6. The number of aromatic nitrogens is 1. The summed E-state index contributed by atoms with van der Waals surface area (Å²) in [5.74, 6) is 0.626. The first-order valence-corrected chi connectivity index (χ1v) is 16.1. The summed E-state index contributed by atoms with van der Waals surface area (Å²) in [6.07, 6.45) is 18.3. The number of halogens is 2. The van der Waals surface area contributed by atoms with Crippen LogP contribution in [0.1, 0.15) is 96.5 Å². The standard InChI is InChI=1S/C33H45ClN2O2S.ClH/c1-3-5-6-7-8-9-10-11-12-13-14-15-23-38-31-21-16-27(25-30(31)34)26-32(37)35-29-19-17-28(18-20-29)33-36(4-2)22-24-39-33;/h16-22,24-25H,3-15,23,26H2,1-2H3;1H. The van der Waals surface area contributed by atoms with Gasteiger partial charge >= 0.3 is 0 Å². The predicted molar refractivity (Wildman–Crippen MR) is 166 cm³/mol. The van der Waals surface area contributed by atoms with Crippen LogP contribution in [0.25, 0.3) is 10.6 Å². The first-order chi connectivity index (χ1) is 19.1. The minimum atomic E-state index is -0.0660. The average Bonchev–Trinajstić information content (AvgIpc) is 3.42. The van der Waals surface area contributed by atoms with E-state index in [1.807, 2.05) is 42.5 Å². The first-order valence-electron chi connectivity index (χ1n) is 14.9. The number of hydrogen-bond acceptors (Lipinski definition) is 3. The number of carbonyl (C=O) groups excluding carboxylic acids is 1. The van der Waals surface area contributed by atoms with Crippen molar-refractivity contribution in [2.45, 2.75) is 104 Å². The third-order valence-electron chi connectivity index (χ3n) is 7.05. The smallest absolute Gasteiger partial charge is 0.268 e. The second-order valence-corrected chi connectivity index (χ2v) is 11.6. The fraction of sp³-hybridized carbons (Fsp3) is 0.515. The van der Waals surface area contributed by atoms with Gasteiger partial charge in [0, 0.05) is 5.69 Å². The third kappa shape index (κ3) is 12.2. The number of aryl methyl sites for hydroxylation is 1. The van der Waals surface area contributed by atoms with E-state index in [0.717, 1.165) is 29.8 Å². The summed E-state index contributed by atoms with van der Waals surface area (Å²) in [5, 5.41) is 6.85. The highest BCUT2D eigenvalue weighted by Crippen LogP contribution is 2.27. The van der Waals surface area contributed by atoms with Gasteiger partial charge in [0.1, 0.15) is 12.3 Å². The molecule has 1 N–H and O–H groups in total. The summed E-state index contributed by atoms with van der Waals surface area (Å²) < 4.78 is 8.13. The first kappa shape index (κ1) is 34.1. The summed E-state index contributed by atoms with van der Waals surface area (Å²) in [4.78, 5) is 12.6. The number of amides is 1. The Morgan fingerprint density at radius 2 is 1.50 bits per heavy atom. The number of nitrogens with zero attached hydrogens (tertiary/aromatic N) is 1. The molecule has 0 saturated heterocycles. The van der Waals surface area contributed by atoms with E-state index in [-0.39, 0.29) is 24.7 Å². The molecule has 1 heterocycles. The van der Waals surface area contributed by atoms with Gasteiger partial charge in [-0.05, 0) is 55.3 Å². The van der Waals surface area contributed by atoms with Crippen LogP contribution in [0.5, 0.6) is 5.75 Å². The van der Waals surface area contributed by atoms with Gasteiger partial charge in [0.2, 0.25) is 5.91 Å². The summed E-state index contributed by atoms with van der Waals surface area (Å²) in [6, 6.07) is 13.6. The minimum Gasteiger partial charge on any atom is -1.00 e. The molecule has 0 bridgehead atoms. The van der Waals surface area contributed by atoms with Crippen LogP contribution in [0.15, 0.2) is 54.0 Å². The lowest BCUT2D eigenvalue weighted by molar-refractivity contribution is -0.678. The van der Waals surface area contributed by atoms with Gasteiger partial charge in [-0.25, -0.2) is 0 Å². The quantitative estimate of drug-likeness (QED) is 0.123. The van der Waals surface area contributed by atoms with E-state index in [4.69, 9.17) is 16.3 Å². The number of hydrogen-bond donors (Lipinski definition) is 1. The summed E-state index contributed by atoms with van der Waals surface area (Å²) in [7, 11) is 0. The molecule has 0 spiro atoms. The largest absolute Gasteiger partial charge is 1.00 e. The van der Waals surface area contributed by atoms with Gasteiger partial charge in [-0.3, -0.25) is 4.79 Å². The van der Waals surface area contributed by atoms with E-state index in [1.165, 1.54) is 75.6 Å². The van der Waals surface area contributed by atoms with E-state index in [0.29, 0.717) is 17.4 Å². The van der Waals surface area contributed by atoms with Gasteiger partial charge in [-0.15, -0.1) is 0 Å². The Labute approximate surface area is 256 Å². The molecular formula is C33H46Cl2N2O2S. The Morgan fingerprint density at radius 1 is 0.875 bits per heavy atom. The number of rotatable bonds is 19. The topological polar surface area (TPSA) is 42.2 Å². The normalized spacial score (nSPS) is 10.8. The molecule has 0 saturated carbocycles. The number of nitrogens with one attached hydrogen (secondary N) is 1. The molecule has 0 aliphatic carbocycles. The molecule has 0 fully saturated rings. The van der Waals surface area contributed by atoms with Crippen molar-refractivity contribution >= 4 is 34.5 Å². The molecule has 7 heteroatoms. The Morgan fingerprint density at radius 3 is 2.10 bits per heavy atom. The Kier molecular flexibility index (Phi) is 17.0. The Hall–Kier alpha value is -2.08. The van der Waals surface area contributed by atoms with E-state index >= 15 is 0 Å². The van der Waals surface area contributed by atoms with Gasteiger partial charge < -0.3 is 22.5 Å². The average molecular weight is 606 g/mol. The molecule has 0 radical (unpaired) electrons. The minimum absolute atomic E-state index is 0. The van der Waals surface area contributed by atoms with Gasteiger partial charge in [0.25, 0.3) is 5.01 Å². The second kappa shape index (κ2) is 19.9. The lowest BCUT2D eigenvalue weighted by Gasteiger charge is -2.10. The molecule has 3 rings (SSSR count). The van der Waals surface area contributed by atoms with Crippen LogP contribution in [0, 0.1) is 0 Å². The molecule has 4 nitrogen and oxygen atoms in total. The molecular weight excluding hydrogens is 559 g/mol. The highest BCUT2D eigenvalue weighted by Gasteiger charge is 2.13. The SMILES string of the molecule is CCCCCCCCCCCCCCOc1ccc(CC(=O)Nc2ccc(-c3scc[n+]3CC)cc2)cc1Cl.[Cl-]. The van der Waals surface area contributed by atoms with Crippen LogP contribution in [-0.2, 0) is 17.8 Å². The van der Waals surface area contributed by atoms with Crippen LogP contribution < -0.4 is 27.0 Å². The molecule has 0 aliphatic heterocycles. The maximum atomic E-state index is 12.6. The van der Waals surface area contributed by atoms with Crippen molar-refractivity contribution in [3.05, 3.63) is 64.6 Å². The molecule has 0 unspecified atom stereocenters. The number of thiazole rings is 1. The van der Waals surface area contributed by atoms with Crippen molar-refractivity contribution in [2.75, 3.05) is 11.9 Å². The van der Waals surface area contributed by atoms with Crippen molar-refractivity contribution in [1.29, 1.82) is 0 Å². The van der Waals surface area contributed by atoms with Crippen molar-refractivity contribution in [2.24, 2.45) is 0 Å². The molecule has 40 heavy (non-hydrogen) atoms. The van der Waals surface area contributed by atoms with Gasteiger partial charge in [-0.2, -0.15) is 4.57 Å². The van der Waals surface area contributed by atoms with Crippen molar-refractivity contribution in [1.82, 2.24) is 0 Å². The fourth-order valence-electron chi connectivity index (χ4n) is 4.77. The zero-order chi connectivity index (χ0) is 27.7. The van der Waals surface area contributed by atoms with Crippen molar-refractivity contribution in [3.63, 3.8) is 0 Å². The van der Waals surface area contributed by atoms with E-state index in [2.05, 4.69) is 35.3 Å². The number of ether oxygens (including phenoxy) is 1. The highest BCUT2D eigenvalue weighted by molar-refractivity contribution is 7.12.